The van der Waals surface area contributed by atoms with Gasteiger partial charge in [-0.05, 0) is 13.3 Å². The van der Waals surface area contributed by atoms with Crippen molar-refractivity contribution in [2.45, 2.75) is 32.9 Å². The highest BCUT2D eigenvalue weighted by atomic mass is 16.4. The molecular weight excluding hydrogens is 194 g/mol. The molecule has 0 spiro atoms. The van der Waals surface area contributed by atoms with Crippen LogP contribution in [-0.4, -0.2) is 26.9 Å². The molecule has 1 atom stereocenters. The van der Waals surface area contributed by atoms with Gasteiger partial charge in [-0.15, -0.1) is 0 Å². The van der Waals surface area contributed by atoms with E-state index < -0.39 is 12.0 Å². The third kappa shape index (κ3) is 3.06. The van der Waals surface area contributed by atoms with Gasteiger partial charge >= 0.3 is 5.97 Å². The maximum absolute atomic E-state index is 10.6. The van der Waals surface area contributed by atoms with Crippen LogP contribution in [0.1, 0.15) is 25.1 Å². The van der Waals surface area contributed by atoms with E-state index in [-0.39, 0.29) is 0 Å². The molecule has 0 fully saturated rings. The van der Waals surface area contributed by atoms with Crippen LogP contribution in [0.4, 0.5) is 0 Å². The topological polar surface area (TPSA) is 67.2 Å². The largest absolute Gasteiger partial charge is 0.480 e. The van der Waals surface area contributed by atoms with Crippen molar-refractivity contribution in [2.24, 2.45) is 7.05 Å². The number of carbonyl (C=O) groups is 1. The van der Waals surface area contributed by atoms with Gasteiger partial charge in [-0.2, -0.15) is 5.10 Å². The number of aliphatic carboxylic acids is 1. The first-order chi connectivity index (χ1) is 7.04. The second-order valence-electron chi connectivity index (χ2n) is 3.57. The molecule has 1 heterocycles. The zero-order chi connectivity index (χ0) is 11.4. The fraction of sp³-hybridized carbons (Fsp3) is 0.600. The third-order valence-corrected chi connectivity index (χ3v) is 2.30. The molecular formula is C10H17N3O2. The summed E-state index contributed by atoms with van der Waals surface area (Å²) >= 11 is 0. The Morgan fingerprint density at radius 2 is 2.40 bits per heavy atom. The van der Waals surface area contributed by atoms with Gasteiger partial charge in [0, 0.05) is 25.4 Å². The smallest absolute Gasteiger partial charge is 0.320 e. The molecule has 0 aliphatic carbocycles. The van der Waals surface area contributed by atoms with E-state index in [9.17, 15) is 4.79 Å². The number of hydrogen-bond acceptors (Lipinski definition) is 3. The van der Waals surface area contributed by atoms with E-state index in [1.165, 1.54) is 0 Å². The van der Waals surface area contributed by atoms with E-state index in [4.69, 9.17) is 5.11 Å². The molecule has 0 amide bonds. The summed E-state index contributed by atoms with van der Waals surface area (Å²) in [4.78, 5) is 10.6. The predicted molar refractivity (Wildman–Crippen MR) is 56.5 cm³/mol. The maximum atomic E-state index is 10.6. The SMILES string of the molecule is CCc1nn(C)cc1CNC(C)C(=O)O. The van der Waals surface area contributed by atoms with Crippen LogP contribution in [0.5, 0.6) is 0 Å². The number of aromatic nitrogens is 2. The average molecular weight is 211 g/mol. The van der Waals surface area contributed by atoms with Gasteiger partial charge in [-0.3, -0.25) is 9.48 Å². The number of aryl methyl sites for hydroxylation is 2. The molecule has 2 N–H and O–H groups in total. The van der Waals surface area contributed by atoms with Crippen molar-refractivity contribution in [1.29, 1.82) is 0 Å². The minimum absolute atomic E-state index is 0.532. The van der Waals surface area contributed by atoms with Crippen molar-refractivity contribution < 1.29 is 9.90 Å². The summed E-state index contributed by atoms with van der Waals surface area (Å²) in [5.74, 6) is -0.836. The van der Waals surface area contributed by atoms with Crippen molar-refractivity contribution in [3.8, 4) is 0 Å². The third-order valence-electron chi connectivity index (χ3n) is 2.30. The van der Waals surface area contributed by atoms with E-state index in [0.717, 1.165) is 17.7 Å². The van der Waals surface area contributed by atoms with Crippen molar-refractivity contribution >= 4 is 5.97 Å². The average Bonchev–Trinajstić information content (AvgIpc) is 2.55. The van der Waals surface area contributed by atoms with Crippen LogP contribution in [0.25, 0.3) is 0 Å². The Bertz CT molecular complexity index is 346. The first kappa shape index (κ1) is 11.7. The van der Waals surface area contributed by atoms with Crippen molar-refractivity contribution in [2.75, 3.05) is 0 Å². The van der Waals surface area contributed by atoms with Gasteiger partial charge in [-0.1, -0.05) is 6.92 Å². The van der Waals surface area contributed by atoms with Gasteiger partial charge < -0.3 is 10.4 Å². The minimum Gasteiger partial charge on any atom is -0.480 e. The molecule has 5 nitrogen and oxygen atoms in total. The lowest BCUT2D eigenvalue weighted by atomic mass is 10.2. The van der Waals surface area contributed by atoms with E-state index in [1.54, 1.807) is 11.6 Å². The van der Waals surface area contributed by atoms with Crippen molar-refractivity contribution in [3.05, 3.63) is 17.5 Å². The Kier molecular flexibility index (Phi) is 3.85. The zero-order valence-electron chi connectivity index (χ0n) is 9.32. The van der Waals surface area contributed by atoms with Gasteiger partial charge in [0.05, 0.1) is 5.69 Å². The normalized spacial score (nSPS) is 12.7. The summed E-state index contributed by atoms with van der Waals surface area (Å²) in [7, 11) is 1.86. The Labute approximate surface area is 89.1 Å². The molecule has 0 bridgehead atoms. The van der Waals surface area contributed by atoms with Gasteiger partial charge in [-0.25, -0.2) is 0 Å². The van der Waals surface area contributed by atoms with Crippen LogP contribution < -0.4 is 5.32 Å². The van der Waals surface area contributed by atoms with E-state index in [2.05, 4.69) is 10.4 Å². The Balaban J connectivity index is 2.60. The van der Waals surface area contributed by atoms with Crippen LogP contribution in [0.2, 0.25) is 0 Å². The van der Waals surface area contributed by atoms with Gasteiger partial charge in [0.25, 0.3) is 0 Å². The molecule has 5 heteroatoms. The number of carboxylic acid groups (broad SMARTS) is 1. The highest BCUT2D eigenvalue weighted by molar-refractivity contribution is 5.72. The number of rotatable bonds is 5. The lowest BCUT2D eigenvalue weighted by Crippen LogP contribution is -2.33. The molecule has 84 valence electrons. The summed E-state index contributed by atoms with van der Waals surface area (Å²) in [6.07, 6.45) is 2.78. The predicted octanol–water partition coefficient (Wildman–Crippen LogP) is 0.545. The number of hydrogen-bond donors (Lipinski definition) is 2. The summed E-state index contributed by atoms with van der Waals surface area (Å²) in [6, 6.07) is -0.532. The fourth-order valence-corrected chi connectivity index (χ4v) is 1.38. The number of nitrogens with one attached hydrogen (secondary N) is 1. The molecule has 1 rings (SSSR count). The van der Waals surface area contributed by atoms with Crippen LogP contribution in [0.15, 0.2) is 6.20 Å². The first-order valence-corrected chi connectivity index (χ1v) is 5.02. The van der Waals surface area contributed by atoms with Crippen LogP contribution >= 0.6 is 0 Å². The second-order valence-corrected chi connectivity index (χ2v) is 3.57. The number of carboxylic acids is 1. The van der Waals surface area contributed by atoms with Crippen molar-refractivity contribution in [3.63, 3.8) is 0 Å². The van der Waals surface area contributed by atoms with Crippen LogP contribution in [0, 0.1) is 0 Å². The summed E-state index contributed by atoms with van der Waals surface area (Å²) < 4.78 is 1.75. The quantitative estimate of drug-likeness (QED) is 0.746. The highest BCUT2D eigenvalue weighted by Crippen LogP contribution is 2.06. The Hall–Kier alpha value is -1.36. The minimum atomic E-state index is -0.836. The molecule has 0 saturated carbocycles. The summed E-state index contributed by atoms with van der Waals surface area (Å²) in [5.41, 5.74) is 2.08. The lowest BCUT2D eigenvalue weighted by molar-refractivity contribution is -0.139. The van der Waals surface area contributed by atoms with Crippen LogP contribution in [0.3, 0.4) is 0 Å². The van der Waals surface area contributed by atoms with E-state index >= 15 is 0 Å². The second kappa shape index (κ2) is 4.93. The monoisotopic (exact) mass is 211 g/mol. The van der Waals surface area contributed by atoms with E-state index in [0.29, 0.717) is 6.54 Å². The standard InChI is InChI=1S/C10H17N3O2/c1-4-9-8(6-13(3)12-9)5-11-7(2)10(14)15/h6-7,11H,4-5H2,1-3H3,(H,14,15). The van der Waals surface area contributed by atoms with Gasteiger partial charge in [0.2, 0.25) is 0 Å². The summed E-state index contributed by atoms with van der Waals surface area (Å²) in [6.45, 7) is 4.21. The lowest BCUT2D eigenvalue weighted by Gasteiger charge is -2.08. The molecule has 15 heavy (non-hydrogen) atoms. The van der Waals surface area contributed by atoms with Gasteiger partial charge in [0.15, 0.2) is 0 Å². The zero-order valence-corrected chi connectivity index (χ0v) is 9.32. The number of nitrogens with zero attached hydrogens (tertiary/aromatic N) is 2. The summed E-state index contributed by atoms with van der Waals surface area (Å²) in [5, 5.41) is 15.9. The molecule has 1 aromatic rings. The maximum Gasteiger partial charge on any atom is 0.320 e. The van der Waals surface area contributed by atoms with E-state index in [1.807, 2.05) is 20.2 Å². The highest BCUT2D eigenvalue weighted by Gasteiger charge is 2.11. The molecule has 0 radical (unpaired) electrons. The molecule has 0 saturated heterocycles. The molecule has 1 aromatic heterocycles. The molecule has 0 aliphatic rings. The van der Waals surface area contributed by atoms with Crippen molar-refractivity contribution in [1.82, 2.24) is 15.1 Å². The molecule has 0 aromatic carbocycles. The first-order valence-electron chi connectivity index (χ1n) is 5.02. The molecule has 1 unspecified atom stereocenters. The van der Waals surface area contributed by atoms with Crippen LogP contribution in [-0.2, 0) is 24.8 Å². The van der Waals surface area contributed by atoms with Gasteiger partial charge in [0.1, 0.15) is 6.04 Å². The fourth-order valence-electron chi connectivity index (χ4n) is 1.38. The Morgan fingerprint density at radius 3 is 2.93 bits per heavy atom. The Morgan fingerprint density at radius 1 is 1.73 bits per heavy atom. The molecule has 0 aliphatic heterocycles.